The number of amidine groups is 1. The molecule has 0 aromatic carbocycles. The minimum absolute atomic E-state index is 0.366. The third-order valence-corrected chi connectivity index (χ3v) is 2.14. The Morgan fingerprint density at radius 3 is 2.00 bits per heavy atom. The summed E-state index contributed by atoms with van der Waals surface area (Å²) in [5, 5.41) is 3.44. The van der Waals surface area contributed by atoms with Crippen molar-refractivity contribution in [3.63, 3.8) is 0 Å². The van der Waals surface area contributed by atoms with Crippen molar-refractivity contribution in [3.05, 3.63) is 0 Å². The zero-order chi connectivity index (χ0) is 8.91. The predicted octanol–water partition coefficient (Wildman–Crippen LogP) is 0.423. The predicted molar refractivity (Wildman–Crippen MR) is 46.1 cm³/mol. The summed E-state index contributed by atoms with van der Waals surface area (Å²) in [6.07, 6.45) is 1.57. The largest absolute Gasteiger partial charge is 0.383 e. The number of nitrogens with two attached hydrogens (primary N) is 2. The summed E-state index contributed by atoms with van der Waals surface area (Å²) in [5.74, 6) is 5.43. The Morgan fingerprint density at radius 2 is 1.91 bits per heavy atom. The lowest BCUT2D eigenvalue weighted by molar-refractivity contribution is 0.0422. The highest BCUT2D eigenvalue weighted by Crippen LogP contribution is 2.18. The van der Waals surface area contributed by atoms with E-state index in [0.29, 0.717) is 5.84 Å². The third kappa shape index (κ3) is 1.83. The highest BCUT2D eigenvalue weighted by atomic mass is 16.5. The van der Waals surface area contributed by atoms with Gasteiger partial charge in [0.1, 0.15) is 5.60 Å². The maximum Gasteiger partial charge on any atom is 0.151 e. The van der Waals surface area contributed by atoms with Gasteiger partial charge in [-0.25, -0.2) is 0 Å². The van der Waals surface area contributed by atoms with Gasteiger partial charge in [0.2, 0.25) is 0 Å². The van der Waals surface area contributed by atoms with Crippen molar-refractivity contribution < 1.29 is 4.74 Å². The van der Waals surface area contributed by atoms with Gasteiger partial charge in [-0.2, -0.15) is 5.10 Å². The molecule has 0 saturated carbocycles. The quantitative estimate of drug-likeness (QED) is 0.270. The molecule has 0 bridgehead atoms. The molecule has 0 aliphatic carbocycles. The number of hydrazone groups is 1. The highest BCUT2D eigenvalue weighted by Gasteiger charge is 2.30. The molecular weight excluding hydrogens is 142 g/mol. The van der Waals surface area contributed by atoms with E-state index < -0.39 is 5.60 Å². The normalized spacial score (nSPS) is 13.5. The summed E-state index contributed by atoms with van der Waals surface area (Å²) in [6.45, 7) is 3.98. The van der Waals surface area contributed by atoms with Gasteiger partial charge in [0.05, 0.1) is 0 Å². The maximum atomic E-state index is 5.58. The van der Waals surface area contributed by atoms with Gasteiger partial charge in [0.25, 0.3) is 0 Å². The molecule has 0 aliphatic heterocycles. The van der Waals surface area contributed by atoms with E-state index in [4.69, 9.17) is 16.3 Å². The van der Waals surface area contributed by atoms with Gasteiger partial charge in [0.15, 0.2) is 5.84 Å². The number of hydrogen-bond donors (Lipinski definition) is 2. The Labute approximate surface area is 67.6 Å². The molecule has 0 radical (unpaired) electrons. The van der Waals surface area contributed by atoms with E-state index >= 15 is 0 Å². The van der Waals surface area contributed by atoms with Crippen molar-refractivity contribution >= 4 is 5.84 Å². The standard InChI is InChI=1S/C7H17N3O/c1-4-7(5-2,11-3)6(8)10-9/h4-5,9H2,1-3H3,(H2,8,10). The number of ether oxygens (including phenoxy) is 1. The van der Waals surface area contributed by atoms with E-state index in [1.165, 1.54) is 0 Å². The van der Waals surface area contributed by atoms with Gasteiger partial charge in [-0.15, -0.1) is 0 Å². The molecule has 66 valence electrons. The fraction of sp³-hybridized carbons (Fsp3) is 0.857. The highest BCUT2D eigenvalue weighted by molar-refractivity contribution is 5.88. The van der Waals surface area contributed by atoms with Crippen LogP contribution in [0.25, 0.3) is 0 Å². The molecule has 0 rings (SSSR count). The fourth-order valence-electron chi connectivity index (χ4n) is 1.12. The van der Waals surface area contributed by atoms with Crippen LogP contribution in [0, 0.1) is 0 Å². The minimum atomic E-state index is -0.464. The van der Waals surface area contributed by atoms with Crippen LogP contribution in [0.1, 0.15) is 26.7 Å². The summed E-state index contributed by atoms with van der Waals surface area (Å²) in [5.41, 5.74) is 5.12. The molecule has 0 aromatic heterocycles. The molecule has 0 heterocycles. The second kappa shape index (κ2) is 4.18. The zero-order valence-electron chi connectivity index (χ0n) is 7.42. The molecule has 0 aliphatic rings. The maximum absolute atomic E-state index is 5.58. The van der Waals surface area contributed by atoms with Gasteiger partial charge in [0, 0.05) is 7.11 Å². The molecule has 11 heavy (non-hydrogen) atoms. The Morgan fingerprint density at radius 1 is 1.45 bits per heavy atom. The summed E-state index contributed by atoms with van der Waals surface area (Å²) in [4.78, 5) is 0. The van der Waals surface area contributed by atoms with Crippen molar-refractivity contribution in [2.45, 2.75) is 32.3 Å². The number of hydrogen-bond acceptors (Lipinski definition) is 3. The molecule has 0 saturated heterocycles. The molecule has 0 amide bonds. The first-order chi connectivity index (χ1) is 5.16. The molecular formula is C7H17N3O. The first-order valence-corrected chi connectivity index (χ1v) is 3.75. The smallest absolute Gasteiger partial charge is 0.151 e. The fourth-order valence-corrected chi connectivity index (χ4v) is 1.12. The van der Waals surface area contributed by atoms with Crippen molar-refractivity contribution in [2.75, 3.05) is 7.11 Å². The van der Waals surface area contributed by atoms with Crippen LogP contribution in [0.2, 0.25) is 0 Å². The van der Waals surface area contributed by atoms with Crippen LogP contribution in [0.4, 0.5) is 0 Å². The number of nitrogens with zero attached hydrogens (tertiary/aromatic N) is 1. The van der Waals surface area contributed by atoms with E-state index in [2.05, 4.69) is 5.10 Å². The lowest BCUT2D eigenvalue weighted by Crippen LogP contribution is -2.45. The van der Waals surface area contributed by atoms with Crippen LogP contribution in [-0.4, -0.2) is 18.5 Å². The van der Waals surface area contributed by atoms with Crippen LogP contribution in [-0.2, 0) is 4.74 Å². The van der Waals surface area contributed by atoms with Gasteiger partial charge >= 0.3 is 0 Å². The number of methoxy groups -OCH3 is 1. The first kappa shape index (κ1) is 10.2. The van der Waals surface area contributed by atoms with Crippen molar-refractivity contribution in [1.29, 1.82) is 0 Å². The van der Waals surface area contributed by atoms with Gasteiger partial charge < -0.3 is 16.3 Å². The molecule has 0 unspecified atom stereocenters. The van der Waals surface area contributed by atoms with Crippen LogP contribution >= 0.6 is 0 Å². The van der Waals surface area contributed by atoms with Crippen LogP contribution in [0.15, 0.2) is 5.10 Å². The van der Waals surface area contributed by atoms with Crippen LogP contribution in [0.3, 0.4) is 0 Å². The summed E-state index contributed by atoms with van der Waals surface area (Å²) < 4.78 is 5.25. The van der Waals surface area contributed by atoms with Crippen molar-refractivity contribution in [1.82, 2.24) is 0 Å². The van der Waals surface area contributed by atoms with E-state index in [0.717, 1.165) is 12.8 Å². The lowest BCUT2D eigenvalue weighted by Gasteiger charge is -2.28. The average molecular weight is 159 g/mol. The first-order valence-electron chi connectivity index (χ1n) is 3.75. The topological polar surface area (TPSA) is 73.6 Å². The molecule has 0 spiro atoms. The van der Waals surface area contributed by atoms with E-state index in [-0.39, 0.29) is 0 Å². The van der Waals surface area contributed by atoms with Crippen LogP contribution in [0.5, 0.6) is 0 Å². The van der Waals surface area contributed by atoms with Crippen LogP contribution < -0.4 is 11.6 Å². The Bertz CT molecular complexity index is 132. The average Bonchev–Trinajstić information content (AvgIpc) is 2.08. The van der Waals surface area contributed by atoms with E-state index in [1.54, 1.807) is 7.11 Å². The second-order valence-electron chi connectivity index (χ2n) is 2.42. The van der Waals surface area contributed by atoms with E-state index in [9.17, 15) is 0 Å². The summed E-state index contributed by atoms with van der Waals surface area (Å²) in [7, 11) is 1.62. The van der Waals surface area contributed by atoms with Gasteiger partial charge in [-0.3, -0.25) is 0 Å². The van der Waals surface area contributed by atoms with Crippen molar-refractivity contribution in [2.24, 2.45) is 16.7 Å². The lowest BCUT2D eigenvalue weighted by atomic mass is 9.96. The molecule has 0 atom stereocenters. The second-order valence-corrected chi connectivity index (χ2v) is 2.42. The monoisotopic (exact) mass is 159 g/mol. The zero-order valence-corrected chi connectivity index (χ0v) is 7.42. The summed E-state index contributed by atoms with van der Waals surface area (Å²) >= 11 is 0. The Balaban J connectivity index is 4.54. The Hall–Kier alpha value is -0.770. The van der Waals surface area contributed by atoms with Crippen molar-refractivity contribution in [3.8, 4) is 0 Å². The molecule has 0 aromatic rings. The van der Waals surface area contributed by atoms with Gasteiger partial charge in [-0.1, -0.05) is 13.8 Å². The summed E-state index contributed by atoms with van der Waals surface area (Å²) in [6, 6.07) is 0. The molecule has 4 heteroatoms. The van der Waals surface area contributed by atoms with E-state index in [1.807, 2.05) is 13.8 Å². The molecule has 4 N–H and O–H groups in total. The third-order valence-electron chi connectivity index (χ3n) is 2.14. The number of rotatable bonds is 4. The Kier molecular flexibility index (Phi) is 3.89. The molecule has 4 nitrogen and oxygen atoms in total. The van der Waals surface area contributed by atoms with Gasteiger partial charge in [-0.05, 0) is 12.8 Å². The molecule has 0 fully saturated rings. The SMILES string of the molecule is CCC(CC)(OC)C(N)=NN. The minimum Gasteiger partial charge on any atom is -0.383 e.